The zero-order valence-electron chi connectivity index (χ0n) is 15.2. The molecule has 0 spiro atoms. The van der Waals surface area contributed by atoms with Gasteiger partial charge in [0.2, 0.25) is 5.52 Å². The van der Waals surface area contributed by atoms with Crippen LogP contribution in [-0.2, 0) is 6.54 Å². The highest BCUT2D eigenvalue weighted by Gasteiger charge is 2.20. The Morgan fingerprint density at radius 3 is 2.31 bits per heavy atom. The highest BCUT2D eigenvalue weighted by atomic mass is 16.5. The van der Waals surface area contributed by atoms with E-state index in [9.17, 15) is 10.4 Å². The van der Waals surface area contributed by atoms with E-state index in [0.29, 0.717) is 31.7 Å². The Bertz CT molecular complexity index is 1100. The Kier molecular flexibility index (Phi) is 4.05. The molecule has 4 rings (SSSR count). The predicted octanol–water partition coefficient (Wildman–Crippen LogP) is 3.94. The van der Waals surface area contributed by atoms with E-state index in [1.165, 1.54) is 0 Å². The summed E-state index contributed by atoms with van der Waals surface area (Å²) in [7, 11) is 0. The van der Waals surface area contributed by atoms with Gasteiger partial charge >= 0.3 is 0 Å². The fourth-order valence-electron chi connectivity index (χ4n) is 3.86. The third-order valence-electron chi connectivity index (χ3n) is 5.54. The van der Waals surface area contributed by atoms with Crippen LogP contribution in [0.2, 0.25) is 0 Å². The van der Waals surface area contributed by atoms with E-state index in [2.05, 4.69) is 10.6 Å². The van der Waals surface area contributed by atoms with Crippen LogP contribution in [0, 0.1) is 10.4 Å². The molecule has 0 atom stereocenters. The average Bonchev–Trinajstić information content (AvgIpc) is 3.00. The van der Waals surface area contributed by atoms with Crippen molar-refractivity contribution in [1.82, 2.24) is 4.57 Å². The third-order valence-corrected chi connectivity index (χ3v) is 5.54. The van der Waals surface area contributed by atoms with Crippen molar-refractivity contribution in [2.45, 2.75) is 20.4 Å². The van der Waals surface area contributed by atoms with Crippen LogP contribution >= 0.6 is 0 Å². The number of quaternary nitrogens is 1. The molecule has 0 aliphatic heterocycles. The molecule has 26 heavy (non-hydrogen) atoms. The number of rotatable bonds is 5. The van der Waals surface area contributed by atoms with Crippen LogP contribution in [0.5, 0.6) is 0 Å². The van der Waals surface area contributed by atoms with E-state index in [1.807, 2.05) is 56.3 Å². The second kappa shape index (κ2) is 6.27. The SMILES string of the molecule is CC[N+]([O-])(CC)CCn1c2ccccc2c2c[n+]([O-])c3ccccc3c21. The van der Waals surface area contributed by atoms with E-state index in [4.69, 9.17) is 0 Å². The molecule has 134 valence electrons. The summed E-state index contributed by atoms with van der Waals surface area (Å²) in [6.07, 6.45) is 1.66. The van der Waals surface area contributed by atoms with Crippen molar-refractivity contribution in [3.05, 3.63) is 65.1 Å². The Labute approximate surface area is 152 Å². The van der Waals surface area contributed by atoms with E-state index < -0.39 is 0 Å². The fraction of sp³-hybridized carbons (Fsp3) is 0.286. The first kappa shape index (κ1) is 16.8. The highest BCUT2D eigenvalue weighted by Crippen LogP contribution is 2.32. The van der Waals surface area contributed by atoms with Crippen molar-refractivity contribution in [1.29, 1.82) is 0 Å². The van der Waals surface area contributed by atoms with Gasteiger partial charge in [-0.2, -0.15) is 4.73 Å². The van der Waals surface area contributed by atoms with Gasteiger partial charge in [0.05, 0.1) is 42.5 Å². The quantitative estimate of drug-likeness (QED) is 0.237. The number of hydroxylamine groups is 3. The Balaban J connectivity index is 2.02. The molecule has 0 radical (unpaired) electrons. The molecule has 0 aliphatic rings. The minimum Gasteiger partial charge on any atom is -0.633 e. The summed E-state index contributed by atoms with van der Waals surface area (Å²) in [5.41, 5.74) is 2.75. The van der Waals surface area contributed by atoms with Gasteiger partial charge in [0.1, 0.15) is 0 Å². The molecule has 2 heterocycles. The molecule has 4 aromatic rings. The molecular formula is C21H23N3O2. The summed E-state index contributed by atoms with van der Waals surface area (Å²) < 4.78 is 2.95. The molecule has 0 N–H and O–H groups in total. The number of hydrogen-bond acceptors (Lipinski definition) is 2. The molecule has 5 heteroatoms. The summed E-state index contributed by atoms with van der Waals surface area (Å²) in [6.45, 7) is 6.16. The van der Waals surface area contributed by atoms with Crippen molar-refractivity contribution in [2.24, 2.45) is 0 Å². The summed E-state index contributed by atoms with van der Waals surface area (Å²) in [5, 5.41) is 28.2. The second-order valence-corrected chi connectivity index (χ2v) is 6.82. The van der Waals surface area contributed by atoms with Crippen molar-refractivity contribution in [3.8, 4) is 0 Å². The lowest BCUT2D eigenvalue weighted by atomic mass is 10.1. The molecule has 0 saturated carbocycles. The molecule has 0 bridgehead atoms. The monoisotopic (exact) mass is 349 g/mol. The normalized spacial score (nSPS) is 12.4. The molecule has 2 aromatic heterocycles. The molecule has 0 amide bonds. The van der Waals surface area contributed by atoms with E-state index in [0.717, 1.165) is 31.9 Å². The third kappa shape index (κ3) is 2.52. The van der Waals surface area contributed by atoms with E-state index >= 15 is 0 Å². The summed E-state index contributed by atoms with van der Waals surface area (Å²) in [5.74, 6) is 0. The molecule has 0 fully saturated rings. The number of benzene rings is 2. The van der Waals surface area contributed by atoms with Crippen molar-refractivity contribution < 1.29 is 9.38 Å². The zero-order chi connectivity index (χ0) is 18.3. The van der Waals surface area contributed by atoms with Crippen LogP contribution in [0.4, 0.5) is 0 Å². The smallest absolute Gasteiger partial charge is 0.225 e. The summed E-state index contributed by atoms with van der Waals surface area (Å²) in [4.78, 5) is 0. The van der Waals surface area contributed by atoms with Gasteiger partial charge < -0.3 is 19.6 Å². The van der Waals surface area contributed by atoms with Gasteiger partial charge in [-0.3, -0.25) is 0 Å². The topological polar surface area (TPSA) is 54.9 Å². The van der Waals surface area contributed by atoms with Gasteiger partial charge in [0.15, 0.2) is 6.20 Å². The predicted molar refractivity (Wildman–Crippen MR) is 105 cm³/mol. The van der Waals surface area contributed by atoms with Crippen molar-refractivity contribution >= 4 is 32.7 Å². The van der Waals surface area contributed by atoms with Crippen molar-refractivity contribution in [2.75, 3.05) is 19.6 Å². The maximum atomic E-state index is 12.8. The van der Waals surface area contributed by atoms with Crippen LogP contribution in [0.25, 0.3) is 32.7 Å². The molecule has 2 aromatic carbocycles. The lowest BCUT2D eigenvalue weighted by Crippen LogP contribution is -2.43. The van der Waals surface area contributed by atoms with Crippen LogP contribution in [0.15, 0.2) is 54.7 Å². The van der Waals surface area contributed by atoms with Crippen LogP contribution in [0.3, 0.4) is 0 Å². The van der Waals surface area contributed by atoms with Crippen LogP contribution < -0.4 is 4.73 Å². The Morgan fingerprint density at radius 2 is 1.58 bits per heavy atom. The van der Waals surface area contributed by atoms with Gasteiger partial charge in [0.25, 0.3) is 0 Å². The molecular weight excluding hydrogens is 326 g/mol. The van der Waals surface area contributed by atoms with Crippen LogP contribution in [0.1, 0.15) is 13.8 Å². The second-order valence-electron chi connectivity index (χ2n) is 6.82. The molecule has 5 nitrogen and oxygen atoms in total. The molecule has 0 saturated heterocycles. The number of hydrogen-bond donors (Lipinski definition) is 0. The fourth-order valence-corrected chi connectivity index (χ4v) is 3.86. The van der Waals surface area contributed by atoms with Gasteiger partial charge in [-0.05, 0) is 26.0 Å². The maximum absolute atomic E-state index is 12.8. The van der Waals surface area contributed by atoms with Gasteiger partial charge in [0, 0.05) is 17.0 Å². The minimum atomic E-state index is -0.208. The average molecular weight is 349 g/mol. The Hall–Kier alpha value is -2.63. The highest BCUT2D eigenvalue weighted by molar-refractivity contribution is 6.15. The lowest BCUT2D eigenvalue weighted by molar-refractivity contribution is -0.877. The van der Waals surface area contributed by atoms with Gasteiger partial charge in [-0.25, -0.2) is 0 Å². The first-order chi connectivity index (χ1) is 12.6. The first-order valence-corrected chi connectivity index (χ1v) is 9.17. The van der Waals surface area contributed by atoms with Gasteiger partial charge in [-0.1, -0.05) is 30.3 Å². The zero-order valence-corrected chi connectivity index (χ0v) is 15.2. The minimum absolute atomic E-state index is 0.208. The van der Waals surface area contributed by atoms with Crippen molar-refractivity contribution in [3.63, 3.8) is 0 Å². The van der Waals surface area contributed by atoms with E-state index in [1.54, 1.807) is 6.20 Å². The maximum Gasteiger partial charge on any atom is 0.225 e. The number of fused-ring (bicyclic) bond motifs is 5. The van der Waals surface area contributed by atoms with E-state index in [-0.39, 0.29) is 4.65 Å². The first-order valence-electron chi connectivity index (χ1n) is 9.17. The lowest BCUT2D eigenvalue weighted by Gasteiger charge is -2.41. The largest absolute Gasteiger partial charge is 0.633 e. The number of likely N-dealkylation sites (N-methyl/N-ethyl adjacent to an activating group) is 1. The summed E-state index contributed by atoms with van der Waals surface area (Å²) in [6, 6.07) is 15.8. The Morgan fingerprint density at radius 1 is 0.923 bits per heavy atom. The number of aromatic nitrogens is 2. The molecule has 0 aliphatic carbocycles. The number of para-hydroxylation sites is 2. The van der Waals surface area contributed by atoms with Crippen LogP contribution in [-0.4, -0.2) is 28.8 Å². The number of pyridine rings is 1. The standard InChI is InChI=1S/C21H23N3O2/c1-3-24(26,4-2)14-13-22-19-11-7-5-9-16(19)18-15-23(25)20-12-8-6-10-17(20)21(18)22/h5-12,15H,3-4,13-14H2,1-2H3. The summed E-state index contributed by atoms with van der Waals surface area (Å²) >= 11 is 0. The molecule has 0 unspecified atom stereocenters. The number of nitrogens with zero attached hydrogens (tertiary/aromatic N) is 3. The van der Waals surface area contributed by atoms with Gasteiger partial charge in [-0.15, -0.1) is 0 Å².